The highest BCUT2D eigenvalue weighted by molar-refractivity contribution is 9.10. The monoisotopic (exact) mass is 403 g/mol. The Labute approximate surface area is 133 Å². The zero-order chi connectivity index (χ0) is 14.7. The third-order valence-electron chi connectivity index (χ3n) is 3.09. The largest absolute Gasteiger partial charge is 0.313 e. The number of hydrogen-bond donors (Lipinski definition) is 1. The normalized spacial score (nSPS) is 12.4. The van der Waals surface area contributed by atoms with Crippen molar-refractivity contribution in [1.29, 1.82) is 0 Å². The molecule has 106 valence electrons. The van der Waals surface area contributed by atoms with E-state index in [1.54, 1.807) is 13.1 Å². The van der Waals surface area contributed by atoms with Crippen molar-refractivity contribution in [3.63, 3.8) is 0 Å². The SMILES string of the molecule is CNC(Cc1cccc(F)c1Br)c1cc(F)cc(Br)c1. The second-order valence-electron chi connectivity index (χ2n) is 4.46. The van der Waals surface area contributed by atoms with Crippen LogP contribution in [0.15, 0.2) is 45.3 Å². The van der Waals surface area contributed by atoms with Crippen LogP contribution in [-0.2, 0) is 6.42 Å². The third-order valence-corrected chi connectivity index (χ3v) is 4.44. The van der Waals surface area contributed by atoms with E-state index in [1.165, 1.54) is 18.2 Å². The van der Waals surface area contributed by atoms with Crippen LogP contribution in [-0.4, -0.2) is 7.05 Å². The summed E-state index contributed by atoms with van der Waals surface area (Å²) in [5.74, 6) is -0.592. The average molecular weight is 405 g/mol. The standard InChI is InChI=1S/C15H13Br2F2N/c1-20-14(10-5-11(16)8-12(18)6-10)7-9-3-2-4-13(19)15(9)17/h2-6,8,14,20H,7H2,1H3. The van der Waals surface area contributed by atoms with Gasteiger partial charge in [0.05, 0.1) is 4.47 Å². The van der Waals surface area contributed by atoms with Gasteiger partial charge < -0.3 is 5.32 Å². The van der Waals surface area contributed by atoms with Crippen molar-refractivity contribution in [2.24, 2.45) is 0 Å². The minimum Gasteiger partial charge on any atom is -0.313 e. The molecular weight excluding hydrogens is 392 g/mol. The Hall–Kier alpha value is -0.780. The molecule has 0 aromatic heterocycles. The van der Waals surface area contributed by atoms with Crippen LogP contribution >= 0.6 is 31.9 Å². The van der Waals surface area contributed by atoms with Crippen molar-refractivity contribution in [2.45, 2.75) is 12.5 Å². The van der Waals surface area contributed by atoms with E-state index in [4.69, 9.17) is 0 Å². The van der Waals surface area contributed by atoms with Gasteiger partial charge in [-0.1, -0.05) is 28.1 Å². The van der Waals surface area contributed by atoms with E-state index in [1.807, 2.05) is 12.1 Å². The van der Waals surface area contributed by atoms with Gasteiger partial charge in [-0.15, -0.1) is 0 Å². The molecule has 0 radical (unpaired) electrons. The molecule has 1 unspecified atom stereocenters. The molecule has 2 rings (SSSR count). The minimum atomic E-state index is -0.298. The maximum absolute atomic E-state index is 13.5. The van der Waals surface area contributed by atoms with Crippen molar-refractivity contribution in [1.82, 2.24) is 5.32 Å². The predicted molar refractivity (Wildman–Crippen MR) is 83.7 cm³/mol. The van der Waals surface area contributed by atoms with Gasteiger partial charge in [-0.25, -0.2) is 8.78 Å². The summed E-state index contributed by atoms with van der Waals surface area (Å²) in [6.07, 6.45) is 0.560. The van der Waals surface area contributed by atoms with E-state index in [-0.39, 0.29) is 17.7 Å². The second-order valence-corrected chi connectivity index (χ2v) is 6.17. The Morgan fingerprint density at radius 3 is 2.55 bits per heavy atom. The van der Waals surface area contributed by atoms with E-state index in [2.05, 4.69) is 37.2 Å². The molecule has 20 heavy (non-hydrogen) atoms. The Bertz CT molecular complexity index is 597. The molecule has 1 atom stereocenters. The lowest BCUT2D eigenvalue weighted by Crippen LogP contribution is -2.19. The number of hydrogen-bond acceptors (Lipinski definition) is 1. The maximum Gasteiger partial charge on any atom is 0.137 e. The fourth-order valence-corrected chi connectivity index (χ4v) is 3.00. The van der Waals surface area contributed by atoms with Crippen LogP contribution < -0.4 is 5.32 Å². The van der Waals surface area contributed by atoms with E-state index in [0.29, 0.717) is 15.4 Å². The van der Waals surface area contributed by atoms with Crippen LogP contribution in [0.2, 0.25) is 0 Å². The lowest BCUT2D eigenvalue weighted by atomic mass is 9.99. The van der Waals surface area contributed by atoms with Gasteiger partial charge >= 0.3 is 0 Å². The first-order valence-corrected chi connectivity index (χ1v) is 7.66. The molecule has 0 aliphatic heterocycles. The molecule has 1 nitrogen and oxygen atoms in total. The van der Waals surface area contributed by atoms with Crippen LogP contribution in [0, 0.1) is 11.6 Å². The number of nitrogens with one attached hydrogen (secondary N) is 1. The van der Waals surface area contributed by atoms with E-state index in [0.717, 1.165) is 11.1 Å². The smallest absolute Gasteiger partial charge is 0.137 e. The molecular formula is C15H13Br2F2N. The summed E-state index contributed by atoms with van der Waals surface area (Å²) >= 11 is 6.54. The van der Waals surface area contributed by atoms with Gasteiger partial charge in [0, 0.05) is 10.5 Å². The number of halogens is 4. The molecule has 0 saturated carbocycles. The molecule has 0 aliphatic carbocycles. The Balaban J connectivity index is 2.31. The Morgan fingerprint density at radius 1 is 1.15 bits per heavy atom. The molecule has 1 N–H and O–H groups in total. The number of benzene rings is 2. The zero-order valence-corrected chi connectivity index (χ0v) is 13.9. The summed E-state index contributed by atoms with van der Waals surface area (Å²) in [7, 11) is 1.80. The summed E-state index contributed by atoms with van der Waals surface area (Å²) < 4.78 is 28.1. The van der Waals surface area contributed by atoms with Gasteiger partial charge in [0.25, 0.3) is 0 Å². The first-order chi connectivity index (χ1) is 9.51. The fourth-order valence-electron chi connectivity index (χ4n) is 2.09. The molecule has 0 saturated heterocycles. The molecule has 2 aromatic carbocycles. The summed E-state index contributed by atoms with van der Waals surface area (Å²) in [6.45, 7) is 0. The van der Waals surface area contributed by atoms with Crippen molar-refractivity contribution in [2.75, 3.05) is 7.05 Å². The summed E-state index contributed by atoms with van der Waals surface area (Å²) in [5, 5.41) is 3.14. The molecule has 0 bridgehead atoms. The molecule has 0 fully saturated rings. The maximum atomic E-state index is 13.5. The summed E-state index contributed by atoms with van der Waals surface area (Å²) in [5.41, 5.74) is 1.65. The quantitative estimate of drug-likeness (QED) is 0.756. The topological polar surface area (TPSA) is 12.0 Å². The molecule has 5 heteroatoms. The molecule has 0 heterocycles. The van der Waals surface area contributed by atoms with Gasteiger partial charge in [0.15, 0.2) is 0 Å². The van der Waals surface area contributed by atoms with Gasteiger partial charge in [-0.3, -0.25) is 0 Å². The van der Waals surface area contributed by atoms with Crippen molar-refractivity contribution in [3.05, 3.63) is 68.1 Å². The third kappa shape index (κ3) is 3.65. The van der Waals surface area contributed by atoms with E-state index < -0.39 is 0 Å². The van der Waals surface area contributed by atoms with Crippen molar-refractivity contribution in [3.8, 4) is 0 Å². The van der Waals surface area contributed by atoms with Crippen LogP contribution in [0.4, 0.5) is 8.78 Å². The highest BCUT2D eigenvalue weighted by atomic mass is 79.9. The van der Waals surface area contributed by atoms with Crippen LogP contribution in [0.1, 0.15) is 17.2 Å². The highest BCUT2D eigenvalue weighted by Gasteiger charge is 2.15. The first-order valence-electron chi connectivity index (χ1n) is 6.07. The van der Waals surface area contributed by atoms with Gasteiger partial charge in [0.2, 0.25) is 0 Å². The lowest BCUT2D eigenvalue weighted by molar-refractivity contribution is 0.569. The van der Waals surface area contributed by atoms with Crippen LogP contribution in [0.3, 0.4) is 0 Å². The molecule has 0 aliphatic rings. The lowest BCUT2D eigenvalue weighted by Gasteiger charge is -2.18. The Morgan fingerprint density at radius 2 is 1.90 bits per heavy atom. The van der Waals surface area contributed by atoms with Gasteiger partial charge in [0.1, 0.15) is 11.6 Å². The van der Waals surface area contributed by atoms with Crippen molar-refractivity contribution < 1.29 is 8.78 Å². The van der Waals surface area contributed by atoms with E-state index in [9.17, 15) is 8.78 Å². The predicted octanol–water partition coefficient (Wildman–Crippen LogP) is 4.99. The van der Waals surface area contributed by atoms with Crippen LogP contribution in [0.25, 0.3) is 0 Å². The Kier molecular flexibility index (Phi) is 5.29. The van der Waals surface area contributed by atoms with Crippen LogP contribution in [0.5, 0.6) is 0 Å². The minimum absolute atomic E-state index is 0.0971. The molecule has 0 spiro atoms. The second kappa shape index (κ2) is 6.78. The highest BCUT2D eigenvalue weighted by Crippen LogP contribution is 2.27. The van der Waals surface area contributed by atoms with Gasteiger partial charge in [-0.05, 0) is 64.8 Å². The van der Waals surface area contributed by atoms with Gasteiger partial charge in [-0.2, -0.15) is 0 Å². The average Bonchev–Trinajstić information content (AvgIpc) is 2.39. The zero-order valence-electron chi connectivity index (χ0n) is 10.8. The molecule has 0 amide bonds. The fraction of sp³-hybridized carbons (Fsp3) is 0.200. The number of rotatable bonds is 4. The molecule has 2 aromatic rings. The van der Waals surface area contributed by atoms with E-state index >= 15 is 0 Å². The summed E-state index contributed by atoms with van der Waals surface area (Å²) in [4.78, 5) is 0. The number of likely N-dealkylation sites (N-methyl/N-ethyl adjacent to an activating group) is 1. The first kappa shape index (κ1) is 15.6. The van der Waals surface area contributed by atoms with Crippen molar-refractivity contribution >= 4 is 31.9 Å². The summed E-state index contributed by atoms with van der Waals surface area (Å²) in [6, 6.07) is 9.58.